The fourth-order valence-electron chi connectivity index (χ4n) is 5.23. The summed E-state index contributed by atoms with van der Waals surface area (Å²) in [7, 11) is 1.88. The van der Waals surface area contributed by atoms with Gasteiger partial charge in [-0.05, 0) is 24.8 Å². The summed E-state index contributed by atoms with van der Waals surface area (Å²) in [6.07, 6.45) is 3.56. The summed E-state index contributed by atoms with van der Waals surface area (Å²) in [5, 5.41) is 21.6. The molecule has 0 amide bonds. The lowest BCUT2D eigenvalue weighted by Crippen LogP contribution is -2.34. The van der Waals surface area contributed by atoms with Gasteiger partial charge in [0.05, 0.1) is 5.69 Å². The number of hydrogen-bond acceptors (Lipinski definition) is 5. The third kappa shape index (κ3) is 4.06. The van der Waals surface area contributed by atoms with Gasteiger partial charge in [-0.25, -0.2) is 0 Å². The molecule has 0 aliphatic carbocycles. The summed E-state index contributed by atoms with van der Waals surface area (Å²) < 4.78 is 1.75. The Morgan fingerprint density at radius 1 is 1.34 bits per heavy atom. The van der Waals surface area contributed by atoms with Crippen molar-refractivity contribution in [3.05, 3.63) is 34.4 Å². The Bertz CT molecular complexity index is 867. The third-order valence-corrected chi connectivity index (χ3v) is 7.03. The predicted octanol–water partition coefficient (Wildman–Crippen LogP) is 2.16. The zero-order valence-electron chi connectivity index (χ0n) is 17.1. The number of fused-ring (bicyclic) bond motifs is 1. The van der Waals surface area contributed by atoms with Gasteiger partial charge in [-0.1, -0.05) is 18.5 Å². The maximum Gasteiger partial charge on any atom is 0.303 e. The predicted molar refractivity (Wildman–Crippen MR) is 110 cm³/mol. The molecule has 0 radical (unpaired) electrons. The summed E-state index contributed by atoms with van der Waals surface area (Å²) in [5.74, 6) is -0.252. The van der Waals surface area contributed by atoms with E-state index in [0.717, 1.165) is 62.6 Å². The highest BCUT2D eigenvalue weighted by atomic mass is 35.5. The standard InChI is InChI=1S/C20H29ClN6O2/c1-3-17-16(19(21)25(2)24-17)11-27-9-14-8-26(10-15-5-7-22-23-15)12-20(14,13-27)6-4-18(28)29/h5,7,14H,3-4,6,8-13H2,1-2H3,(H,22,23)(H,28,29). The van der Waals surface area contributed by atoms with Crippen molar-refractivity contribution in [2.24, 2.45) is 18.4 Å². The molecular formula is C20H29ClN6O2. The molecule has 0 aromatic carbocycles. The van der Waals surface area contributed by atoms with Crippen LogP contribution in [0.2, 0.25) is 5.15 Å². The Labute approximate surface area is 175 Å². The van der Waals surface area contributed by atoms with Crippen molar-refractivity contribution in [3.63, 3.8) is 0 Å². The van der Waals surface area contributed by atoms with Crippen LogP contribution in [-0.2, 0) is 31.4 Å². The van der Waals surface area contributed by atoms with Crippen LogP contribution >= 0.6 is 11.6 Å². The van der Waals surface area contributed by atoms with E-state index in [9.17, 15) is 9.90 Å². The van der Waals surface area contributed by atoms with Gasteiger partial charge in [-0.2, -0.15) is 10.2 Å². The van der Waals surface area contributed by atoms with Crippen molar-refractivity contribution < 1.29 is 9.90 Å². The highest BCUT2D eigenvalue weighted by Gasteiger charge is 2.52. The molecule has 4 heterocycles. The number of rotatable bonds is 8. The number of nitrogens with zero attached hydrogens (tertiary/aromatic N) is 5. The number of likely N-dealkylation sites (tertiary alicyclic amines) is 2. The minimum Gasteiger partial charge on any atom is -0.481 e. The number of hydrogen-bond donors (Lipinski definition) is 2. The van der Waals surface area contributed by atoms with Gasteiger partial charge >= 0.3 is 5.97 Å². The van der Waals surface area contributed by atoms with Crippen LogP contribution in [0.15, 0.2) is 12.3 Å². The van der Waals surface area contributed by atoms with E-state index < -0.39 is 5.97 Å². The highest BCUT2D eigenvalue weighted by molar-refractivity contribution is 6.30. The molecule has 8 nitrogen and oxygen atoms in total. The topological polar surface area (TPSA) is 90.3 Å². The van der Waals surface area contributed by atoms with Crippen molar-refractivity contribution in [1.29, 1.82) is 0 Å². The average molecular weight is 421 g/mol. The molecule has 2 unspecified atom stereocenters. The first kappa shape index (κ1) is 20.4. The summed E-state index contributed by atoms with van der Waals surface area (Å²) in [6.45, 7) is 7.48. The van der Waals surface area contributed by atoms with Crippen molar-refractivity contribution in [1.82, 2.24) is 29.8 Å². The van der Waals surface area contributed by atoms with E-state index in [2.05, 4.69) is 32.0 Å². The molecule has 0 spiro atoms. The highest BCUT2D eigenvalue weighted by Crippen LogP contribution is 2.46. The van der Waals surface area contributed by atoms with Crippen LogP contribution in [0.3, 0.4) is 0 Å². The Balaban J connectivity index is 1.49. The van der Waals surface area contributed by atoms with Crippen LogP contribution in [0.1, 0.15) is 36.7 Å². The van der Waals surface area contributed by atoms with Crippen molar-refractivity contribution in [3.8, 4) is 0 Å². The van der Waals surface area contributed by atoms with Gasteiger partial charge in [0, 0.05) is 75.6 Å². The zero-order valence-corrected chi connectivity index (χ0v) is 17.8. The van der Waals surface area contributed by atoms with Crippen LogP contribution in [0.5, 0.6) is 0 Å². The normalized spacial score (nSPS) is 25.0. The summed E-state index contributed by atoms with van der Waals surface area (Å²) in [5.41, 5.74) is 3.28. The van der Waals surface area contributed by atoms with Crippen LogP contribution < -0.4 is 0 Å². The van der Waals surface area contributed by atoms with Crippen LogP contribution in [0.4, 0.5) is 0 Å². The molecule has 2 N–H and O–H groups in total. The maximum absolute atomic E-state index is 11.3. The van der Waals surface area contributed by atoms with Crippen LogP contribution in [0, 0.1) is 11.3 Å². The van der Waals surface area contributed by atoms with Crippen LogP contribution in [0.25, 0.3) is 0 Å². The molecule has 0 bridgehead atoms. The fourth-order valence-corrected chi connectivity index (χ4v) is 5.44. The fraction of sp³-hybridized carbons (Fsp3) is 0.650. The van der Waals surface area contributed by atoms with Crippen LogP contribution in [-0.4, -0.2) is 67.0 Å². The number of H-pyrrole nitrogens is 1. The number of nitrogens with one attached hydrogen (secondary N) is 1. The largest absolute Gasteiger partial charge is 0.481 e. The first-order valence-electron chi connectivity index (χ1n) is 10.2. The van der Waals surface area contributed by atoms with Gasteiger partial charge in [0.2, 0.25) is 0 Å². The third-order valence-electron chi connectivity index (χ3n) is 6.56. The van der Waals surface area contributed by atoms with Gasteiger partial charge in [-0.3, -0.25) is 24.4 Å². The van der Waals surface area contributed by atoms with Crippen molar-refractivity contribution in [2.45, 2.75) is 39.3 Å². The molecule has 0 saturated carbocycles. The zero-order chi connectivity index (χ0) is 20.6. The second kappa shape index (κ2) is 8.08. The quantitative estimate of drug-likeness (QED) is 0.680. The number of carboxylic acids is 1. The minimum atomic E-state index is -0.716. The van der Waals surface area contributed by atoms with Gasteiger partial charge in [0.15, 0.2) is 0 Å². The smallest absolute Gasteiger partial charge is 0.303 e. The lowest BCUT2D eigenvalue weighted by Gasteiger charge is -2.29. The number of halogens is 1. The van der Waals surface area contributed by atoms with E-state index in [0.29, 0.717) is 17.5 Å². The number of carbonyl (C=O) groups is 1. The first-order chi connectivity index (χ1) is 13.9. The lowest BCUT2D eigenvalue weighted by atomic mass is 9.77. The summed E-state index contributed by atoms with van der Waals surface area (Å²) >= 11 is 6.51. The van der Waals surface area contributed by atoms with E-state index in [-0.39, 0.29) is 11.8 Å². The monoisotopic (exact) mass is 420 g/mol. The number of aromatic amines is 1. The van der Waals surface area contributed by atoms with E-state index in [1.54, 1.807) is 10.9 Å². The molecule has 158 valence electrons. The first-order valence-corrected chi connectivity index (χ1v) is 10.6. The molecule has 2 fully saturated rings. The Morgan fingerprint density at radius 3 is 2.69 bits per heavy atom. The Morgan fingerprint density at radius 2 is 2.07 bits per heavy atom. The van der Waals surface area contributed by atoms with Crippen molar-refractivity contribution >= 4 is 17.6 Å². The second-order valence-corrected chi connectivity index (χ2v) is 8.93. The average Bonchev–Trinajstić information content (AvgIpc) is 3.41. The maximum atomic E-state index is 11.3. The number of carboxylic acid groups (broad SMARTS) is 1. The van der Waals surface area contributed by atoms with Crippen molar-refractivity contribution in [2.75, 3.05) is 26.2 Å². The Hall–Kier alpha value is -1.90. The summed E-state index contributed by atoms with van der Waals surface area (Å²) in [4.78, 5) is 16.2. The van der Waals surface area contributed by atoms with Gasteiger partial charge in [0.1, 0.15) is 5.15 Å². The molecule has 2 saturated heterocycles. The molecule has 2 aliphatic rings. The van der Waals surface area contributed by atoms with Gasteiger partial charge in [0.25, 0.3) is 0 Å². The number of aryl methyl sites for hydroxylation is 2. The molecule has 4 rings (SSSR count). The van der Waals surface area contributed by atoms with E-state index in [1.165, 1.54) is 0 Å². The molecular weight excluding hydrogens is 392 g/mol. The minimum absolute atomic E-state index is 0.0134. The van der Waals surface area contributed by atoms with E-state index in [4.69, 9.17) is 11.6 Å². The SMILES string of the molecule is CCc1nn(C)c(Cl)c1CN1CC2CN(Cc3ccn[nH]3)CC2(CCC(=O)O)C1. The molecule has 2 aromatic rings. The van der Waals surface area contributed by atoms with Gasteiger partial charge in [-0.15, -0.1) is 0 Å². The molecule has 9 heteroatoms. The number of aromatic nitrogens is 4. The second-order valence-electron chi connectivity index (χ2n) is 8.57. The number of aliphatic carboxylic acids is 1. The molecule has 2 aromatic heterocycles. The molecule has 29 heavy (non-hydrogen) atoms. The van der Waals surface area contributed by atoms with E-state index in [1.807, 2.05) is 13.1 Å². The molecule has 2 atom stereocenters. The molecule has 2 aliphatic heterocycles. The van der Waals surface area contributed by atoms with E-state index >= 15 is 0 Å². The summed E-state index contributed by atoms with van der Waals surface area (Å²) in [6, 6.07) is 2.00. The van der Waals surface area contributed by atoms with Gasteiger partial charge < -0.3 is 5.11 Å². The lowest BCUT2D eigenvalue weighted by molar-refractivity contribution is -0.137. The Kier molecular flexibility index (Phi) is 5.68.